The largest absolute Gasteiger partial charge is 0.493 e. The number of pyridine rings is 1. The van der Waals surface area contributed by atoms with E-state index < -0.39 is 0 Å². The lowest BCUT2D eigenvalue weighted by Gasteiger charge is -2.31. The number of carbonyl (C=O) groups excluding carboxylic acids is 1. The molecule has 4 heterocycles. The van der Waals surface area contributed by atoms with Crippen molar-refractivity contribution in [2.24, 2.45) is 0 Å². The number of para-hydroxylation sites is 1. The van der Waals surface area contributed by atoms with Crippen molar-refractivity contribution in [1.29, 1.82) is 0 Å². The van der Waals surface area contributed by atoms with E-state index in [1.54, 1.807) is 24.8 Å². The Hall–Kier alpha value is -3.81. The normalized spacial score (nSPS) is 16.3. The number of piperidine rings is 1. The van der Waals surface area contributed by atoms with Crippen LogP contribution >= 0.6 is 0 Å². The smallest absolute Gasteiger partial charge is 0.257 e. The Balaban J connectivity index is 1.43. The number of hydrogen-bond donors (Lipinski definition) is 0. The quantitative estimate of drug-likeness (QED) is 0.474. The fourth-order valence-corrected chi connectivity index (χ4v) is 4.29. The van der Waals surface area contributed by atoms with Gasteiger partial charge in [-0.1, -0.05) is 12.1 Å². The molecule has 8 heteroatoms. The van der Waals surface area contributed by atoms with Gasteiger partial charge in [-0.2, -0.15) is 5.10 Å². The molecule has 1 aliphatic heterocycles. The SMILES string of the molecule is COc1cccc(-c2ccc3nc([C@H]4CCCN(C(=O)c5ccoc5)C4)nn3c2)c1OC. The fraction of sp³-hybridized carbons (Fsp3) is 0.292. The maximum atomic E-state index is 12.7. The van der Waals surface area contributed by atoms with Crippen LogP contribution in [0.2, 0.25) is 0 Å². The summed E-state index contributed by atoms with van der Waals surface area (Å²) >= 11 is 0. The molecule has 5 rings (SSSR count). The van der Waals surface area contributed by atoms with Gasteiger partial charge in [0.15, 0.2) is 23.0 Å². The van der Waals surface area contributed by atoms with Gasteiger partial charge in [0.2, 0.25) is 0 Å². The van der Waals surface area contributed by atoms with Crippen LogP contribution < -0.4 is 9.47 Å². The van der Waals surface area contributed by atoms with E-state index in [-0.39, 0.29) is 11.8 Å². The zero-order chi connectivity index (χ0) is 22.1. The highest BCUT2D eigenvalue weighted by Gasteiger charge is 2.28. The molecule has 0 unspecified atom stereocenters. The second-order valence-corrected chi connectivity index (χ2v) is 7.83. The second-order valence-electron chi connectivity index (χ2n) is 7.83. The standard InChI is InChI=1S/C24H24N4O4/c1-30-20-7-3-6-19(22(20)31-2)16-8-9-21-25-23(26-28(21)14-16)17-5-4-11-27(13-17)24(29)18-10-12-32-15-18/h3,6-10,12,14-15,17H,4-5,11,13H2,1-2H3/t17-/m0/s1. The number of furan rings is 1. The van der Waals surface area contributed by atoms with Crippen molar-refractivity contribution < 1.29 is 18.7 Å². The summed E-state index contributed by atoms with van der Waals surface area (Å²) in [7, 11) is 3.26. The summed E-state index contributed by atoms with van der Waals surface area (Å²) < 4.78 is 17.9. The van der Waals surface area contributed by atoms with Gasteiger partial charge in [0, 0.05) is 36.3 Å². The van der Waals surface area contributed by atoms with E-state index >= 15 is 0 Å². The highest BCUT2D eigenvalue weighted by molar-refractivity contribution is 5.93. The van der Waals surface area contributed by atoms with Crippen LogP contribution in [0, 0.1) is 0 Å². The van der Waals surface area contributed by atoms with Crippen LogP contribution in [0.4, 0.5) is 0 Å². The number of methoxy groups -OCH3 is 2. The molecular weight excluding hydrogens is 408 g/mol. The summed E-state index contributed by atoms with van der Waals surface area (Å²) in [5.74, 6) is 2.18. The monoisotopic (exact) mass is 432 g/mol. The minimum absolute atomic E-state index is 0.0142. The van der Waals surface area contributed by atoms with Crippen molar-refractivity contribution in [3.8, 4) is 22.6 Å². The molecule has 0 aliphatic carbocycles. The average molecular weight is 432 g/mol. The van der Waals surface area contributed by atoms with Gasteiger partial charge in [0.05, 0.1) is 26.0 Å². The van der Waals surface area contributed by atoms with Gasteiger partial charge in [-0.25, -0.2) is 9.50 Å². The predicted octanol–water partition coefficient (Wildman–Crippen LogP) is 4.03. The molecule has 1 fully saturated rings. The van der Waals surface area contributed by atoms with Crippen molar-refractivity contribution in [2.75, 3.05) is 27.3 Å². The summed E-state index contributed by atoms with van der Waals surface area (Å²) in [5.41, 5.74) is 3.21. The fourth-order valence-electron chi connectivity index (χ4n) is 4.29. The third kappa shape index (κ3) is 3.57. The first-order chi connectivity index (χ1) is 15.7. The van der Waals surface area contributed by atoms with Crippen molar-refractivity contribution in [3.05, 3.63) is 66.5 Å². The molecule has 1 aromatic carbocycles. The summed E-state index contributed by atoms with van der Waals surface area (Å²) in [6.45, 7) is 1.32. The first kappa shape index (κ1) is 20.1. The second kappa shape index (κ2) is 8.37. The Morgan fingerprint density at radius 3 is 2.84 bits per heavy atom. The van der Waals surface area contributed by atoms with Gasteiger partial charge in [-0.3, -0.25) is 4.79 Å². The topological polar surface area (TPSA) is 82.1 Å². The van der Waals surface area contributed by atoms with Crippen molar-refractivity contribution >= 4 is 11.6 Å². The summed E-state index contributed by atoms with van der Waals surface area (Å²) in [5, 5.41) is 4.75. The average Bonchev–Trinajstić information content (AvgIpc) is 3.53. The van der Waals surface area contributed by atoms with E-state index in [0.717, 1.165) is 42.0 Å². The number of rotatable bonds is 5. The van der Waals surface area contributed by atoms with E-state index in [1.165, 1.54) is 12.5 Å². The molecule has 4 aromatic rings. The van der Waals surface area contributed by atoms with Crippen molar-refractivity contribution in [3.63, 3.8) is 0 Å². The van der Waals surface area contributed by atoms with Gasteiger partial charge < -0.3 is 18.8 Å². The van der Waals surface area contributed by atoms with Gasteiger partial charge in [-0.05, 0) is 37.1 Å². The van der Waals surface area contributed by atoms with E-state index in [1.807, 2.05) is 41.4 Å². The number of amides is 1. The number of hydrogen-bond acceptors (Lipinski definition) is 6. The molecule has 32 heavy (non-hydrogen) atoms. The van der Waals surface area contributed by atoms with Crippen LogP contribution in [0.3, 0.4) is 0 Å². The van der Waals surface area contributed by atoms with Gasteiger partial charge in [0.1, 0.15) is 6.26 Å². The van der Waals surface area contributed by atoms with Gasteiger partial charge >= 0.3 is 0 Å². The van der Waals surface area contributed by atoms with E-state index in [4.69, 9.17) is 24.0 Å². The zero-order valence-electron chi connectivity index (χ0n) is 18.0. The molecule has 1 aliphatic rings. The predicted molar refractivity (Wildman–Crippen MR) is 118 cm³/mol. The number of aromatic nitrogens is 3. The van der Waals surface area contributed by atoms with Crippen molar-refractivity contribution in [2.45, 2.75) is 18.8 Å². The first-order valence-electron chi connectivity index (χ1n) is 10.6. The minimum Gasteiger partial charge on any atom is -0.493 e. The molecule has 0 N–H and O–H groups in total. The number of likely N-dealkylation sites (tertiary alicyclic amines) is 1. The molecule has 0 spiro atoms. The third-order valence-corrected chi connectivity index (χ3v) is 5.90. The van der Waals surface area contributed by atoms with E-state index in [0.29, 0.717) is 23.6 Å². The molecule has 1 amide bonds. The Kier molecular flexibility index (Phi) is 5.26. The number of nitrogens with zero attached hydrogens (tertiary/aromatic N) is 4. The summed E-state index contributed by atoms with van der Waals surface area (Å²) in [6.07, 6.45) is 6.82. The lowest BCUT2D eigenvalue weighted by Crippen LogP contribution is -2.39. The van der Waals surface area contributed by atoms with E-state index in [9.17, 15) is 4.79 Å². The third-order valence-electron chi connectivity index (χ3n) is 5.90. The highest BCUT2D eigenvalue weighted by atomic mass is 16.5. The van der Waals surface area contributed by atoms with Gasteiger partial charge in [0.25, 0.3) is 5.91 Å². The Bertz CT molecular complexity index is 1250. The lowest BCUT2D eigenvalue weighted by molar-refractivity contribution is 0.0704. The maximum absolute atomic E-state index is 12.7. The Labute approximate surface area is 185 Å². The van der Waals surface area contributed by atoms with Crippen LogP contribution in [0.1, 0.15) is 34.9 Å². The molecule has 8 nitrogen and oxygen atoms in total. The minimum atomic E-state index is -0.0142. The number of carbonyl (C=O) groups is 1. The highest BCUT2D eigenvalue weighted by Crippen LogP contribution is 2.37. The maximum Gasteiger partial charge on any atom is 0.257 e. The number of ether oxygens (including phenoxy) is 2. The molecule has 0 saturated carbocycles. The number of fused-ring (bicyclic) bond motifs is 1. The number of benzene rings is 1. The Morgan fingerprint density at radius 2 is 2.06 bits per heavy atom. The summed E-state index contributed by atoms with van der Waals surface area (Å²) in [6, 6.07) is 11.4. The van der Waals surface area contributed by atoms with E-state index in [2.05, 4.69) is 0 Å². The molecular formula is C24H24N4O4. The lowest BCUT2D eigenvalue weighted by atomic mass is 9.97. The molecule has 0 bridgehead atoms. The van der Waals surface area contributed by atoms with Crippen LogP contribution in [0.5, 0.6) is 11.5 Å². The van der Waals surface area contributed by atoms with Crippen molar-refractivity contribution in [1.82, 2.24) is 19.5 Å². The van der Waals surface area contributed by atoms with Crippen LogP contribution in [0.25, 0.3) is 16.8 Å². The molecule has 1 saturated heterocycles. The van der Waals surface area contributed by atoms with Gasteiger partial charge in [-0.15, -0.1) is 0 Å². The molecule has 3 aromatic heterocycles. The van der Waals surface area contributed by atoms with Crippen LogP contribution in [0.15, 0.2) is 59.5 Å². The molecule has 0 radical (unpaired) electrons. The molecule has 164 valence electrons. The zero-order valence-corrected chi connectivity index (χ0v) is 18.0. The Morgan fingerprint density at radius 1 is 1.16 bits per heavy atom. The molecule has 1 atom stereocenters. The van der Waals surface area contributed by atoms with Crippen LogP contribution in [-0.4, -0.2) is 52.7 Å². The first-order valence-corrected chi connectivity index (χ1v) is 10.6. The van der Waals surface area contributed by atoms with Crippen LogP contribution in [-0.2, 0) is 0 Å². The summed E-state index contributed by atoms with van der Waals surface area (Å²) in [4.78, 5) is 19.3.